The van der Waals surface area contributed by atoms with Gasteiger partial charge in [0.05, 0.1) is 6.04 Å². The molecule has 1 aromatic carbocycles. The van der Waals surface area contributed by atoms with Gasteiger partial charge in [0, 0.05) is 19.0 Å². The Kier molecular flexibility index (Phi) is 5.22. The summed E-state index contributed by atoms with van der Waals surface area (Å²) in [5.41, 5.74) is 6.01. The summed E-state index contributed by atoms with van der Waals surface area (Å²) in [5, 5.41) is 0. The Labute approximate surface area is 118 Å². The zero-order valence-corrected chi connectivity index (χ0v) is 12.4. The van der Waals surface area contributed by atoms with E-state index in [1.165, 1.54) is 11.0 Å². The maximum atomic E-state index is 13.2. The van der Waals surface area contributed by atoms with Crippen LogP contribution >= 0.6 is 0 Å². The first kappa shape index (κ1) is 16.6. The molecular weight excluding hydrogens is 262 g/mol. The van der Waals surface area contributed by atoms with Crippen molar-refractivity contribution in [3.05, 3.63) is 35.4 Å². The molecule has 1 amide bonds. The van der Waals surface area contributed by atoms with Crippen LogP contribution in [0, 0.1) is 11.6 Å². The number of nitrogens with zero attached hydrogens (tertiary/aromatic N) is 1. The summed E-state index contributed by atoms with van der Waals surface area (Å²) in [6, 6.07) is 3.36. The van der Waals surface area contributed by atoms with Gasteiger partial charge < -0.3 is 10.6 Å². The lowest BCUT2D eigenvalue weighted by atomic mass is 9.99. The Morgan fingerprint density at radius 3 is 2.45 bits per heavy atom. The molecule has 3 nitrogen and oxygen atoms in total. The fourth-order valence-corrected chi connectivity index (χ4v) is 1.82. The Morgan fingerprint density at radius 1 is 1.35 bits per heavy atom. The fourth-order valence-electron chi connectivity index (χ4n) is 1.82. The van der Waals surface area contributed by atoms with Crippen molar-refractivity contribution in [2.24, 2.45) is 5.73 Å². The van der Waals surface area contributed by atoms with E-state index in [9.17, 15) is 13.6 Å². The summed E-state index contributed by atoms with van der Waals surface area (Å²) in [6.45, 7) is 5.50. The van der Waals surface area contributed by atoms with E-state index >= 15 is 0 Å². The quantitative estimate of drug-likeness (QED) is 0.903. The molecule has 2 N–H and O–H groups in total. The van der Waals surface area contributed by atoms with E-state index in [-0.39, 0.29) is 11.9 Å². The smallest absolute Gasteiger partial charge is 0.222 e. The molecule has 0 aliphatic carbocycles. The first-order valence-electron chi connectivity index (χ1n) is 6.61. The molecule has 0 fully saturated rings. The highest BCUT2D eigenvalue weighted by Crippen LogP contribution is 2.22. The molecule has 1 unspecified atom stereocenters. The molecule has 0 heterocycles. The SMILES string of the molecule is CC(c1ccc(F)c(F)c1)N(C)C(=O)CCC(C)(C)N. The van der Waals surface area contributed by atoms with Crippen molar-refractivity contribution < 1.29 is 13.6 Å². The van der Waals surface area contributed by atoms with E-state index < -0.39 is 17.2 Å². The number of halogens is 2. The first-order chi connectivity index (χ1) is 9.11. The molecule has 0 spiro atoms. The Bertz CT molecular complexity index is 483. The van der Waals surface area contributed by atoms with Gasteiger partial charge in [-0.05, 0) is 44.9 Å². The van der Waals surface area contributed by atoms with Crippen molar-refractivity contribution in [1.82, 2.24) is 4.90 Å². The second-order valence-corrected chi connectivity index (χ2v) is 5.84. The number of carbonyl (C=O) groups is 1. The summed E-state index contributed by atoms with van der Waals surface area (Å²) >= 11 is 0. The average Bonchev–Trinajstić information content (AvgIpc) is 2.36. The van der Waals surface area contributed by atoms with E-state index in [0.717, 1.165) is 12.1 Å². The van der Waals surface area contributed by atoms with Crippen LogP contribution in [-0.4, -0.2) is 23.4 Å². The van der Waals surface area contributed by atoms with Gasteiger partial charge >= 0.3 is 0 Å². The zero-order valence-electron chi connectivity index (χ0n) is 12.4. The summed E-state index contributed by atoms with van der Waals surface area (Å²) in [5.74, 6) is -1.86. The number of benzene rings is 1. The molecule has 20 heavy (non-hydrogen) atoms. The number of hydrogen-bond acceptors (Lipinski definition) is 2. The van der Waals surface area contributed by atoms with E-state index in [4.69, 9.17) is 5.73 Å². The van der Waals surface area contributed by atoms with Crippen LogP contribution < -0.4 is 5.73 Å². The fraction of sp³-hybridized carbons (Fsp3) is 0.533. The largest absolute Gasteiger partial charge is 0.339 e. The van der Waals surface area contributed by atoms with Crippen LogP contribution in [0.15, 0.2) is 18.2 Å². The highest BCUT2D eigenvalue weighted by Gasteiger charge is 2.20. The zero-order chi connectivity index (χ0) is 15.5. The molecule has 0 aliphatic rings. The summed E-state index contributed by atoms with van der Waals surface area (Å²) < 4.78 is 26.1. The van der Waals surface area contributed by atoms with Crippen molar-refractivity contribution in [3.8, 4) is 0 Å². The maximum Gasteiger partial charge on any atom is 0.222 e. The topological polar surface area (TPSA) is 46.3 Å². The maximum absolute atomic E-state index is 13.2. The van der Waals surface area contributed by atoms with E-state index in [2.05, 4.69) is 0 Å². The minimum atomic E-state index is -0.904. The van der Waals surface area contributed by atoms with Crippen molar-refractivity contribution >= 4 is 5.91 Å². The predicted molar refractivity (Wildman–Crippen MR) is 75.0 cm³/mol. The Morgan fingerprint density at radius 2 is 1.95 bits per heavy atom. The Hall–Kier alpha value is -1.49. The van der Waals surface area contributed by atoms with Gasteiger partial charge in [-0.3, -0.25) is 4.79 Å². The molecule has 0 saturated carbocycles. The van der Waals surface area contributed by atoms with Gasteiger partial charge in [0.2, 0.25) is 5.91 Å². The standard InChI is InChI=1S/C15H22F2N2O/c1-10(11-5-6-12(16)13(17)9-11)19(4)14(20)7-8-15(2,3)18/h5-6,9-10H,7-8,18H2,1-4H3. The molecule has 0 aliphatic heterocycles. The molecule has 1 rings (SSSR count). The summed E-state index contributed by atoms with van der Waals surface area (Å²) in [4.78, 5) is 13.6. The van der Waals surface area contributed by atoms with Crippen molar-refractivity contribution in [2.45, 2.75) is 45.2 Å². The van der Waals surface area contributed by atoms with Crippen LogP contribution in [-0.2, 0) is 4.79 Å². The van der Waals surface area contributed by atoms with Crippen molar-refractivity contribution in [3.63, 3.8) is 0 Å². The van der Waals surface area contributed by atoms with Crippen LogP contribution in [0.1, 0.15) is 45.2 Å². The number of hydrogen-bond donors (Lipinski definition) is 1. The summed E-state index contributed by atoms with van der Waals surface area (Å²) in [6.07, 6.45) is 0.898. The number of nitrogens with two attached hydrogens (primary N) is 1. The molecule has 1 atom stereocenters. The minimum absolute atomic E-state index is 0.0687. The first-order valence-corrected chi connectivity index (χ1v) is 6.61. The predicted octanol–water partition coefficient (Wildman–Crippen LogP) is 3.00. The molecule has 0 saturated heterocycles. The molecular formula is C15H22F2N2O. The molecule has 0 radical (unpaired) electrons. The van der Waals surface area contributed by atoms with Crippen molar-refractivity contribution in [2.75, 3.05) is 7.05 Å². The third kappa shape index (κ3) is 4.56. The number of carbonyl (C=O) groups excluding carboxylic acids is 1. The van der Waals surface area contributed by atoms with Gasteiger partial charge in [-0.1, -0.05) is 6.07 Å². The molecule has 5 heteroatoms. The lowest BCUT2D eigenvalue weighted by molar-refractivity contribution is -0.132. The molecule has 0 aromatic heterocycles. The number of amides is 1. The van der Waals surface area contributed by atoms with Crippen LogP contribution in [0.25, 0.3) is 0 Å². The lowest BCUT2D eigenvalue weighted by Gasteiger charge is -2.27. The minimum Gasteiger partial charge on any atom is -0.339 e. The monoisotopic (exact) mass is 284 g/mol. The van der Waals surface area contributed by atoms with Crippen LogP contribution in [0.2, 0.25) is 0 Å². The van der Waals surface area contributed by atoms with E-state index in [1.807, 2.05) is 13.8 Å². The van der Waals surface area contributed by atoms with Gasteiger partial charge in [-0.2, -0.15) is 0 Å². The third-order valence-corrected chi connectivity index (χ3v) is 3.38. The molecule has 0 bridgehead atoms. The molecule has 112 valence electrons. The van der Waals surface area contributed by atoms with E-state index in [0.29, 0.717) is 18.4 Å². The summed E-state index contributed by atoms with van der Waals surface area (Å²) in [7, 11) is 1.65. The van der Waals surface area contributed by atoms with Gasteiger partial charge in [0.15, 0.2) is 11.6 Å². The number of rotatable bonds is 5. The van der Waals surface area contributed by atoms with Gasteiger partial charge in [0.1, 0.15) is 0 Å². The van der Waals surface area contributed by atoms with Gasteiger partial charge in [-0.25, -0.2) is 8.78 Å². The molecule has 1 aromatic rings. The normalized spacial score (nSPS) is 13.2. The van der Waals surface area contributed by atoms with Crippen LogP contribution in [0.4, 0.5) is 8.78 Å². The highest BCUT2D eigenvalue weighted by molar-refractivity contribution is 5.76. The van der Waals surface area contributed by atoms with Crippen LogP contribution in [0.5, 0.6) is 0 Å². The lowest BCUT2D eigenvalue weighted by Crippen LogP contribution is -2.35. The Balaban J connectivity index is 2.72. The van der Waals surface area contributed by atoms with Gasteiger partial charge in [0.25, 0.3) is 0 Å². The second-order valence-electron chi connectivity index (χ2n) is 5.84. The third-order valence-electron chi connectivity index (χ3n) is 3.38. The van der Waals surface area contributed by atoms with Gasteiger partial charge in [-0.15, -0.1) is 0 Å². The average molecular weight is 284 g/mol. The van der Waals surface area contributed by atoms with Crippen LogP contribution in [0.3, 0.4) is 0 Å². The highest BCUT2D eigenvalue weighted by atomic mass is 19.2. The van der Waals surface area contributed by atoms with Crippen molar-refractivity contribution in [1.29, 1.82) is 0 Å². The van der Waals surface area contributed by atoms with E-state index in [1.54, 1.807) is 14.0 Å². The second kappa shape index (κ2) is 6.31.